The van der Waals surface area contributed by atoms with Crippen molar-refractivity contribution in [1.29, 1.82) is 0 Å². The van der Waals surface area contributed by atoms with Gasteiger partial charge in [-0.3, -0.25) is 0 Å². The summed E-state index contributed by atoms with van der Waals surface area (Å²) in [5.74, 6) is 0.699. The number of hydrogen-bond donors (Lipinski definition) is 0. The van der Waals surface area contributed by atoms with Gasteiger partial charge >= 0.3 is 0 Å². The van der Waals surface area contributed by atoms with Gasteiger partial charge in [-0.15, -0.1) is 0 Å². The lowest BCUT2D eigenvalue weighted by Crippen LogP contribution is -1.95. The van der Waals surface area contributed by atoms with Crippen LogP contribution in [0.2, 0.25) is 0 Å². The van der Waals surface area contributed by atoms with E-state index in [0.717, 1.165) is 17.8 Å². The van der Waals surface area contributed by atoms with Gasteiger partial charge in [0.15, 0.2) is 5.82 Å². The van der Waals surface area contributed by atoms with Gasteiger partial charge in [0, 0.05) is 18.1 Å². The molecule has 0 saturated heterocycles. The fraction of sp³-hybridized carbons (Fsp3) is 0.357. The van der Waals surface area contributed by atoms with Crippen LogP contribution in [-0.4, -0.2) is 15.0 Å². The van der Waals surface area contributed by atoms with E-state index in [4.69, 9.17) is 0 Å². The van der Waals surface area contributed by atoms with Crippen molar-refractivity contribution in [3.8, 4) is 11.5 Å². The molecule has 0 aliphatic carbocycles. The molecule has 2 aromatic heterocycles. The number of pyridine rings is 1. The average Bonchev–Trinajstić information content (AvgIpc) is 2.41. The molecule has 0 aliphatic heterocycles. The summed E-state index contributed by atoms with van der Waals surface area (Å²) in [6.07, 6.45) is 8.22. The van der Waals surface area contributed by atoms with E-state index >= 15 is 0 Å². The molecule has 2 rings (SSSR count). The monoisotopic (exact) mass is 227 g/mol. The highest BCUT2D eigenvalue weighted by Crippen LogP contribution is 2.12. The van der Waals surface area contributed by atoms with E-state index in [2.05, 4.69) is 27.9 Å². The molecule has 0 atom stereocenters. The molecule has 0 amide bonds. The van der Waals surface area contributed by atoms with Crippen molar-refractivity contribution in [3.05, 3.63) is 42.4 Å². The SMILES string of the molecule is CCCCCc1cccc(-c2ncccn2)n1. The van der Waals surface area contributed by atoms with Crippen molar-refractivity contribution >= 4 is 0 Å². The van der Waals surface area contributed by atoms with Gasteiger partial charge in [-0.2, -0.15) is 0 Å². The van der Waals surface area contributed by atoms with E-state index in [1.165, 1.54) is 19.3 Å². The zero-order valence-electron chi connectivity index (χ0n) is 10.1. The highest BCUT2D eigenvalue weighted by atomic mass is 14.9. The quantitative estimate of drug-likeness (QED) is 0.736. The van der Waals surface area contributed by atoms with Crippen LogP contribution in [0.3, 0.4) is 0 Å². The Morgan fingerprint density at radius 1 is 1.00 bits per heavy atom. The summed E-state index contributed by atoms with van der Waals surface area (Å²) in [7, 11) is 0. The number of unbranched alkanes of at least 4 members (excludes halogenated alkanes) is 2. The molecule has 0 N–H and O–H groups in total. The van der Waals surface area contributed by atoms with Crippen molar-refractivity contribution in [1.82, 2.24) is 15.0 Å². The fourth-order valence-electron chi connectivity index (χ4n) is 1.73. The second-order valence-corrected chi connectivity index (χ2v) is 4.04. The molecule has 0 saturated carbocycles. The largest absolute Gasteiger partial charge is 0.249 e. The summed E-state index contributed by atoms with van der Waals surface area (Å²) in [5.41, 5.74) is 1.99. The van der Waals surface area contributed by atoms with Gasteiger partial charge in [0.25, 0.3) is 0 Å². The van der Waals surface area contributed by atoms with Crippen molar-refractivity contribution in [2.75, 3.05) is 0 Å². The lowest BCUT2D eigenvalue weighted by molar-refractivity contribution is 0.707. The number of rotatable bonds is 5. The minimum atomic E-state index is 0.699. The maximum Gasteiger partial charge on any atom is 0.178 e. The molecule has 0 radical (unpaired) electrons. The van der Waals surface area contributed by atoms with E-state index in [1.54, 1.807) is 12.4 Å². The Hall–Kier alpha value is -1.77. The molecule has 3 nitrogen and oxygen atoms in total. The Kier molecular flexibility index (Phi) is 4.19. The van der Waals surface area contributed by atoms with E-state index in [1.807, 2.05) is 18.2 Å². The first-order chi connectivity index (χ1) is 8.40. The van der Waals surface area contributed by atoms with Gasteiger partial charge in [0.1, 0.15) is 5.69 Å². The van der Waals surface area contributed by atoms with Gasteiger partial charge < -0.3 is 0 Å². The summed E-state index contributed by atoms with van der Waals surface area (Å²) in [6, 6.07) is 7.87. The summed E-state index contributed by atoms with van der Waals surface area (Å²) in [4.78, 5) is 13.0. The van der Waals surface area contributed by atoms with Crippen LogP contribution >= 0.6 is 0 Å². The lowest BCUT2D eigenvalue weighted by atomic mass is 10.1. The summed E-state index contributed by atoms with van der Waals surface area (Å²) >= 11 is 0. The van der Waals surface area contributed by atoms with Gasteiger partial charge in [0.2, 0.25) is 0 Å². The Morgan fingerprint density at radius 3 is 2.59 bits per heavy atom. The molecule has 2 heterocycles. The molecule has 0 spiro atoms. The van der Waals surface area contributed by atoms with E-state index in [-0.39, 0.29) is 0 Å². The predicted octanol–water partition coefficient (Wildman–Crippen LogP) is 3.27. The fourth-order valence-corrected chi connectivity index (χ4v) is 1.73. The highest BCUT2D eigenvalue weighted by Gasteiger charge is 2.02. The topological polar surface area (TPSA) is 38.7 Å². The normalized spacial score (nSPS) is 10.4. The van der Waals surface area contributed by atoms with Crippen LogP contribution in [0, 0.1) is 0 Å². The Morgan fingerprint density at radius 2 is 1.82 bits per heavy atom. The molecule has 0 fully saturated rings. The Balaban J connectivity index is 2.12. The molecule has 2 aromatic rings. The van der Waals surface area contributed by atoms with Crippen molar-refractivity contribution in [2.45, 2.75) is 32.6 Å². The number of aromatic nitrogens is 3. The maximum absolute atomic E-state index is 4.59. The summed E-state index contributed by atoms with van der Waals surface area (Å²) in [5, 5.41) is 0. The first-order valence-corrected chi connectivity index (χ1v) is 6.13. The molecule has 0 bridgehead atoms. The molecule has 0 aromatic carbocycles. The smallest absolute Gasteiger partial charge is 0.178 e. The molecule has 88 valence electrons. The first-order valence-electron chi connectivity index (χ1n) is 6.13. The van der Waals surface area contributed by atoms with E-state index in [0.29, 0.717) is 5.82 Å². The maximum atomic E-state index is 4.59. The van der Waals surface area contributed by atoms with Crippen LogP contribution < -0.4 is 0 Å². The minimum absolute atomic E-state index is 0.699. The summed E-state index contributed by atoms with van der Waals surface area (Å²) in [6.45, 7) is 2.21. The standard InChI is InChI=1S/C14H17N3/c1-2-3-4-7-12-8-5-9-13(17-12)14-15-10-6-11-16-14/h5-6,8-11H,2-4,7H2,1H3. The van der Waals surface area contributed by atoms with E-state index in [9.17, 15) is 0 Å². The predicted molar refractivity (Wildman–Crippen MR) is 68.5 cm³/mol. The molecule has 17 heavy (non-hydrogen) atoms. The van der Waals surface area contributed by atoms with E-state index < -0.39 is 0 Å². The van der Waals surface area contributed by atoms with Crippen LogP contribution in [-0.2, 0) is 6.42 Å². The van der Waals surface area contributed by atoms with Crippen LogP contribution in [0.25, 0.3) is 11.5 Å². The average molecular weight is 227 g/mol. The third kappa shape index (κ3) is 3.34. The van der Waals surface area contributed by atoms with Crippen molar-refractivity contribution in [2.24, 2.45) is 0 Å². The number of aryl methyl sites for hydroxylation is 1. The molecule has 0 unspecified atom stereocenters. The summed E-state index contributed by atoms with van der Waals surface area (Å²) < 4.78 is 0. The van der Waals surface area contributed by atoms with Gasteiger partial charge in [-0.25, -0.2) is 15.0 Å². The van der Waals surface area contributed by atoms with Gasteiger partial charge in [-0.05, 0) is 31.0 Å². The molecular weight excluding hydrogens is 210 g/mol. The molecular formula is C14H17N3. The van der Waals surface area contributed by atoms with Crippen molar-refractivity contribution in [3.63, 3.8) is 0 Å². The van der Waals surface area contributed by atoms with Crippen molar-refractivity contribution < 1.29 is 0 Å². The van der Waals surface area contributed by atoms with Crippen LogP contribution in [0.4, 0.5) is 0 Å². The highest BCUT2D eigenvalue weighted by molar-refractivity contribution is 5.48. The molecule has 0 aliphatic rings. The van der Waals surface area contributed by atoms with Crippen LogP contribution in [0.15, 0.2) is 36.7 Å². The van der Waals surface area contributed by atoms with Crippen LogP contribution in [0.5, 0.6) is 0 Å². The third-order valence-electron chi connectivity index (χ3n) is 2.64. The van der Waals surface area contributed by atoms with Gasteiger partial charge in [0.05, 0.1) is 0 Å². The zero-order valence-corrected chi connectivity index (χ0v) is 10.1. The Bertz CT molecular complexity index is 454. The second-order valence-electron chi connectivity index (χ2n) is 4.04. The number of hydrogen-bond acceptors (Lipinski definition) is 3. The van der Waals surface area contributed by atoms with Crippen LogP contribution in [0.1, 0.15) is 31.9 Å². The lowest BCUT2D eigenvalue weighted by Gasteiger charge is -2.03. The molecule has 3 heteroatoms. The Labute approximate surface area is 102 Å². The third-order valence-corrected chi connectivity index (χ3v) is 2.64. The first kappa shape index (κ1) is 11.7. The zero-order chi connectivity index (χ0) is 11.9. The second kappa shape index (κ2) is 6.09. The minimum Gasteiger partial charge on any atom is -0.249 e. The van der Waals surface area contributed by atoms with Gasteiger partial charge in [-0.1, -0.05) is 25.8 Å². The number of nitrogens with zero attached hydrogens (tertiary/aromatic N) is 3.